The quantitative estimate of drug-likeness (QED) is 0.717. The third-order valence-electron chi connectivity index (χ3n) is 3.58. The average molecular weight is 328 g/mol. The Morgan fingerprint density at radius 1 is 1.14 bits per heavy atom. The number of thioether (sulfide) groups is 2. The van der Waals surface area contributed by atoms with E-state index < -0.39 is 0 Å². The number of carbonyl (C=O) groups is 1. The first-order valence-electron chi connectivity index (χ1n) is 6.53. The zero-order valence-electron chi connectivity index (χ0n) is 12.9. The summed E-state index contributed by atoms with van der Waals surface area (Å²) in [6.07, 6.45) is 0. The Bertz CT molecular complexity index is 540. The molecule has 1 aliphatic heterocycles. The SMILES string of the molecule is CC1=C(C)N(C)C(SCC(=O)CSc2nnnn2C)N1C. The van der Waals surface area contributed by atoms with Crippen LogP contribution in [-0.4, -0.2) is 66.9 Å². The Morgan fingerprint density at radius 3 is 2.29 bits per heavy atom. The van der Waals surface area contributed by atoms with Gasteiger partial charge in [0.05, 0.1) is 11.5 Å². The Labute approximate surface area is 133 Å². The van der Waals surface area contributed by atoms with Crippen molar-refractivity contribution in [3.05, 3.63) is 11.4 Å². The Kier molecular flexibility index (Phi) is 5.15. The molecule has 1 aliphatic rings. The Hall–Kier alpha value is -1.22. The summed E-state index contributed by atoms with van der Waals surface area (Å²) in [6.45, 7) is 4.20. The molecule has 0 atom stereocenters. The molecular formula is C12H20N6OS2. The second-order valence-corrected chi connectivity index (χ2v) is 6.93. The van der Waals surface area contributed by atoms with Crippen molar-refractivity contribution in [3.63, 3.8) is 0 Å². The minimum Gasteiger partial charge on any atom is -0.348 e. The summed E-state index contributed by atoms with van der Waals surface area (Å²) in [5.41, 5.74) is 2.69. The molecule has 2 heterocycles. The molecule has 21 heavy (non-hydrogen) atoms. The van der Waals surface area contributed by atoms with E-state index in [9.17, 15) is 4.79 Å². The van der Waals surface area contributed by atoms with Gasteiger partial charge in [0, 0.05) is 32.5 Å². The number of aromatic nitrogens is 4. The zero-order chi connectivity index (χ0) is 15.6. The number of Topliss-reactive ketones (excluding diaryl/α,β-unsaturated/α-hetero) is 1. The number of allylic oxidation sites excluding steroid dienone is 2. The maximum absolute atomic E-state index is 12.0. The maximum Gasteiger partial charge on any atom is 0.209 e. The summed E-state index contributed by atoms with van der Waals surface area (Å²) in [5, 5.41) is 11.8. The first-order valence-corrected chi connectivity index (χ1v) is 8.57. The van der Waals surface area contributed by atoms with Gasteiger partial charge in [-0.2, -0.15) is 0 Å². The van der Waals surface area contributed by atoms with Crippen molar-refractivity contribution < 1.29 is 4.79 Å². The van der Waals surface area contributed by atoms with Crippen LogP contribution in [-0.2, 0) is 11.8 Å². The molecule has 0 saturated heterocycles. The highest BCUT2D eigenvalue weighted by Crippen LogP contribution is 2.32. The number of carbonyl (C=O) groups excluding carboxylic acids is 1. The minimum absolute atomic E-state index is 0.190. The number of hydrogen-bond donors (Lipinski definition) is 0. The van der Waals surface area contributed by atoms with E-state index in [1.165, 1.54) is 23.2 Å². The van der Waals surface area contributed by atoms with E-state index in [2.05, 4.69) is 53.3 Å². The third kappa shape index (κ3) is 3.52. The normalized spacial score (nSPS) is 16.2. The van der Waals surface area contributed by atoms with E-state index in [1.54, 1.807) is 23.5 Å². The average Bonchev–Trinajstić information content (AvgIpc) is 2.94. The van der Waals surface area contributed by atoms with Crippen LogP contribution in [0.1, 0.15) is 13.8 Å². The van der Waals surface area contributed by atoms with E-state index in [-0.39, 0.29) is 11.3 Å². The lowest BCUT2D eigenvalue weighted by Crippen LogP contribution is -2.33. The predicted molar refractivity (Wildman–Crippen MR) is 84.7 cm³/mol. The number of rotatable bonds is 6. The molecule has 7 nitrogen and oxygen atoms in total. The van der Waals surface area contributed by atoms with Crippen molar-refractivity contribution in [2.75, 3.05) is 25.6 Å². The van der Waals surface area contributed by atoms with E-state index in [0.717, 1.165) is 0 Å². The second kappa shape index (κ2) is 6.69. The summed E-state index contributed by atoms with van der Waals surface area (Å²) in [5.74, 6) is 1.07. The van der Waals surface area contributed by atoms with E-state index in [4.69, 9.17) is 0 Å². The van der Waals surface area contributed by atoms with Gasteiger partial charge in [-0.05, 0) is 24.3 Å². The molecule has 0 spiro atoms. The van der Waals surface area contributed by atoms with Gasteiger partial charge in [-0.1, -0.05) is 11.8 Å². The molecule has 116 valence electrons. The van der Waals surface area contributed by atoms with Gasteiger partial charge in [0.25, 0.3) is 0 Å². The molecule has 1 aromatic heterocycles. The van der Waals surface area contributed by atoms with Crippen LogP contribution in [0.15, 0.2) is 16.6 Å². The fourth-order valence-corrected chi connectivity index (χ4v) is 4.06. The van der Waals surface area contributed by atoms with Crippen LogP contribution in [0.4, 0.5) is 0 Å². The standard InChI is InChI=1S/C12H20N6OS2/c1-8-9(2)17(4)12(16(8)3)21-7-10(19)6-20-11-13-14-15-18(11)5/h12H,6-7H2,1-5H3. The molecule has 0 radical (unpaired) electrons. The number of hydrogen-bond acceptors (Lipinski definition) is 8. The number of ketones is 1. The number of aryl methyl sites for hydroxylation is 1. The van der Waals surface area contributed by atoms with Gasteiger partial charge in [-0.3, -0.25) is 4.79 Å². The molecule has 0 amide bonds. The summed E-state index contributed by atoms with van der Waals surface area (Å²) < 4.78 is 1.57. The monoisotopic (exact) mass is 328 g/mol. The molecule has 0 aromatic carbocycles. The van der Waals surface area contributed by atoms with Gasteiger partial charge in [0.15, 0.2) is 5.78 Å². The first-order chi connectivity index (χ1) is 9.91. The van der Waals surface area contributed by atoms with Crippen molar-refractivity contribution in [1.29, 1.82) is 0 Å². The smallest absolute Gasteiger partial charge is 0.209 e. The molecule has 0 saturated carbocycles. The van der Waals surface area contributed by atoms with Gasteiger partial charge in [0.2, 0.25) is 5.16 Å². The molecular weight excluding hydrogens is 308 g/mol. The second-order valence-electron chi connectivity index (χ2n) is 4.94. The van der Waals surface area contributed by atoms with E-state index in [1.807, 2.05) is 0 Å². The lowest BCUT2D eigenvalue weighted by atomic mass is 10.4. The van der Waals surface area contributed by atoms with Crippen LogP contribution >= 0.6 is 23.5 Å². The van der Waals surface area contributed by atoms with Crippen molar-refractivity contribution in [2.45, 2.75) is 24.5 Å². The highest BCUT2D eigenvalue weighted by Gasteiger charge is 2.29. The summed E-state index contributed by atoms with van der Waals surface area (Å²) in [4.78, 5) is 16.4. The lowest BCUT2D eigenvalue weighted by Gasteiger charge is -2.28. The Morgan fingerprint density at radius 2 is 1.76 bits per heavy atom. The first kappa shape index (κ1) is 16.2. The molecule has 2 rings (SSSR count). The topological polar surface area (TPSA) is 67.2 Å². The molecule has 9 heteroatoms. The zero-order valence-corrected chi connectivity index (χ0v) is 14.5. The molecule has 0 N–H and O–H groups in total. The number of tetrazole rings is 1. The van der Waals surface area contributed by atoms with Crippen molar-refractivity contribution >= 4 is 29.3 Å². The van der Waals surface area contributed by atoms with Gasteiger partial charge in [0.1, 0.15) is 5.50 Å². The summed E-state index contributed by atoms with van der Waals surface area (Å²) in [6, 6.07) is 0. The van der Waals surface area contributed by atoms with Crippen LogP contribution in [0.3, 0.4) is 0 Å². The third-order valence-corrected chi connectivity index (χ3v) is 6.07. The largest absolute Gasteiger partial charge is 0.348 e. The van der Waals surface area contributed by atoms with Gasteiger partial charge in [-0.25, -0.2) is 4.68 Å². The van der Waals surface area contributed by atoms with Crippen molar-refractivity contribution in [2.24, 2.45) is 7.05 Å². The van der Waals surface area contributed by atoms with Crippen LogP contribution in [0.25, 0.3) is 0 Å². The minimum atomic E-state index is 0.190. The van der Waals surface area contributed by atoms with Crippen LogP contribution in [0.5, 0.6) is 0 Å². The molecule has 1 aromatic rings. The highest BCUT2D eigenvalue weighted by atomic mass is 32.2. The summed E-state index contributed by atoms with van der Waals surface area (Å²) in [7, 11) is 5.89. The van der Waals surface area contributed by atoms with Crippen molar-refractivity contribution in [3.8, 4) is 0 Å². The fourth-order valence-electron chi connectivity index (χ4n) is 2.02. The number of nitrogens with zero attached hydrogens (tertiary/aromatic N) is 6. The fraction of sp³-hybridized carbons (Fsp3) is 0.667. The Balaban J connectivity index is 1.79. The summed E-state index contributed by atoms with van der Waals surface area (Å²) >= 11 is 3.02. The van der Waals surface area contributed by atoms with Crippen LogP contribution < -0.4 is 0 Å². The molecule has 0 fully saturated rings. The van der Waals surface area contributed by atoms with Gasteiger partial charge < -0.3 is 9.80 Å². The van der Waals surface area contributed by atoms with Crippen LogP contribution in [0, 0.1) is 0 Å². The molecule has 0 unspecified atom stereocenters. The van der Waals surface area contributed by atoms with Gasteiger partial charge >= 0.3 is 0 Å². The lowest BCUT2D eigenvalue weighted by molar-refractivity contribution is -0.114. The maximum atomic E-state index is 12.0. The van der Waals surface area contributed by atoms with E-state index >= 15 is 0 Å². The van der Waals surface area contributed by atoms with Crippen molar-refractivity contribution in [1.82, 2.24) is 30.0 Å². The molecule has 0 bridgehead atoms. The van der Waals surface area contributed by atoms with E-state index in [0.29, 0.717) is 16.7 Å². The van der Waals surface area contributed by atoms with Crippen LogP contribution in [0.2, 0.25) is 0 Å². The van der Waals surface area contributed by atoms with Gasteiger partial charge in [-0.15, -0.1) is 16.9 Å². The predicted octanol–water partition coefficient (Wildman–Crippen LogP) is 1.02. The highest BCUT2D eigenvalue weighted by molar-refractivity contribution is 8.01. The molecule has 0 aliphatic carbocycles.